The van der Waals surface area contributed by atoms with Crippen LogP contribution in [0.1, 0.15) is 86.1 Å². The Hall–Kier alpha value is -4.71. The zero-order chi connectivity index (χ0) is 41.6. The number of fused-ring (bicyclic) bond motifs is 3. The molecule has 8 rings (SSSR count). The van der Waals surface area contributed by atoms with Gasteiger partial charge in [-0.3, -0.25) is 0 Å². The van der Waals surface area contributed by atoms with Gasteiger partial charge in [0, 0.05) is 0 Å². The smallest absolute Gasteiger partial charge is 0.172 e. The fraction of sp³-hybridized carbons (Fsp3) is 0.246. The Balaban J connectivity index is 0.000000221. The predicted octanol–water partition coefficient (Wildman–Crippen LogP) is 15.5. The van der Waals surface area contributed by atoms with E-state index in [9.17, 15) is 0 Å². The van der Waals surface area contributed by atoms with Gasteiger partial charge in [-0.1, -0.05) is 112 Å². The summed E-state index contributed by atoms with van der Waals surface area (Å²) >= 11 is 1.55. The van der Waals surface area contributed by atoms with Crippen molar-refractivity contribution in [3.63, 3.8) is 0 Å². The third-order valence-electron chi connectivity index (χ3n) is 10.7. The molecule has 0 fully saturated rings. The van der Waals surface area contributed by atoms with Gasteiger partial charge in [0.25, 0.3) is 0 Å². The Bertz CT molecular complexity index is 2370. The Morgan fingerprint density at radius 1 is 0.466 bits per heavy atom. The van der Waals surface area contributed by atoms with Crippen LogP contribution < -0.4 is 0 Å². The van der Waals surface area contributed by atoms with Crippen molar-refractivity contribution in [2.45, 2.75) is 92.9 Å². The average molecular weight is 836 g/mol. The van der Waals surface area contributed by atoms with Crippen LogP contribution in [-0.2, 0) is 47.9 Å². The molecule has 0 aromatic heterocycles. The molecule has 0 atom stereocenters. The zero-order valence-corrected chi connectivity index (χ0v) is 38.9. The first-order chi connectivity index (χ1) is 27.5. The third kappa shape index (κ3) is 11.1. The molecule has 58 heavy (non-hydrogen) atoms. The van der Waals surface area contributed by atoms with E-state index in [2.05, 4.69) is 197 Å². The summed E-state index contributed by atoms with van der Waals surface area (Å²) in [6.45, 7) is 22.8. The molecule has 0 unspecified atom stereocenters. The van der Waals surface area contributed by atoms with Crippen LogP contribution >= 0.6 is 0 Å². The molecule has 0 aliphatic rings. The normalized spacial score (nSPS) is 11.5. The zero-order valence-electron chi connectivity index (χ0n) is 36.4. The summed E-state index contributed by atoms with van der Waals surface area (Å²) in [7, 11) is 0. The van der Waals surface area contributed by atoms with Gasteiger partial charge in [-0.2, -0.15) is 18.2 Å². The fourth-order valence-corrected chi connectivity index (χ4v) is 9.16. The number of rotatable bonds is 6. The van der Waals surface area contributed by atoms with Gasteiger partial charge in [-0.05, 0) is 71.9 Å². The minimum atomic E-state index is 0.0384. The molecule has 8 aromatic rings. The van der Waals surface area contributed by atoms with Crippen LogP contribution in [0.25, 0.3) is 43.8 Å². The molecule has 0 radical (unpaired) electrons. The SMILES string of the molecule is Cc1cc(C)cc(-c2cc3[cH-]c4cc(-c5cc(C)cc(C)c5)c(C(C)(C)C)cc4c3cc2C(C)(C)C)c1.[Zr+2]=[C](Cc1ccccc1)Cc1ccccc1.c1cc[cH-]c1. The van der Waals surface area contributed by atoms with Gasteiger partial charge < -0.3 is 0 Å². The van der Waals surface area contributed by atoms with Gasteiger partial charge in [0.2, 0.25) is 0 Å². The van der Waals surface area contributed by atoms with Crippen molar-refractivity contribution in [2.24, 2.45) is 0 Å². The Morgan fingerprint density at radius 3 is 1.14 bits per heavy atom. The quantitative estimate of drug-likeness (QED) is 0.146. The van der Waals surface area contributed by atoms with Gasteiger partial charge in [0.15, 0.2) is 0 Å². The number of hydrogen-bond acceptors (Lipinski definition) is 0. The summed E-state index contributed by atoms with van der Waals surface area (Å²) in [4.78, 5) is 0. The van der Waals surface area contributed by atoms with Crippen molar-refractivity contribution >= 4 is 24.8 Å². The predicted molar refractivity (Wildman–Crippen MR) is 252 cm³/mol. The molecule has 0 N–H and O–H groups in total. The van der Waals surface area contributed by atoms with Crippen LogP contribution in [0.3, 0.4) is 0 Å². The standard InChI is InChI=1S/C37H41.C15H14.C5H5.Zr/c1-22-11-23(2)14-26(13-22)32-18-28-17-29-19-33(27-15-24(3)12-25(4)16-27)35(37(8,9)10)21-31(29)30(28)20-34(32)36(5,6)7;1-3-8-14(9-4-1)12-7-13-15-10-5-2-6-11-15;1-2-4-5-3-1;/h11-21H,1-10H3;1-6,8-11H,12-13H2;1-5H;/q-1;;-1;+2. The van der Waals surface area contributed by atoms with Crippen LogP contribution in [0.2, 0.25) is 0 Å². The molecule has 0 nitrogen and oxygen atoms in total. The summed E-state index contributed by atoms with van der Waals surface area (Å²) in [5.41, 5.74) is 16.4. The van der Waals surface area contributed by atoms with Crippen molar-refractivity contribution in [3.8, 4) is 22.3 Å². The van der Waals surface area contributed by atoms with E-state index in [1.165, 1.54) is 88.3 Å². The van der Waals surface area contributed by atoms with Crippen LogP contribution in [0, 0.1) is 27.7 Å². The number of benzene rings is 6. The topological polar surface area (TPSA) is 0 Å². The van der Waals surface area contributed by atoms with E-state index >= 15 is 0 Å². The second-order valence-corrected chi connectivity index (χ2v) is 20.0. The van der Waals surface area contributed by atoms with Gasteiger partial charge in [0.05, 0.1) is 0 Å². The maximum atomic E-state index is 2.48. The van der Waals surface area contributed by atoms with Crippen molar-refractivity contribution in [1.29, 1.82) is 0 Å². The first kappa shape index (κ1) is 42.9. The number of hydrogen-bond donors (Lipinski definition) is 0. The fourth-order valence-electron chi connectivity index (χ4n) is 8.15. The van der Waals surface area contributed by atoms with Gasteiger partial charge in [0.1, 0.15) is 0 Å². The average Bonchev–Trinajstić information content (AvgIpc) is 3.85. The molecule has 0 spiro atoms. The second-order valence-electron chi connectivity index (χ2n) is 18.3. The summed E-state index contributed by atoms with van der Waals surface area (Å²) in [5.74, 6) is 0. The summed E-state index contributed by atoms with van der Waals surface area (Å²) in [5, 5.41) is 5.39. The van der Waals surface area contributed by atoms with Crippen molar-refractivity contribution in [2.75, 3.05) is 0 Å². The summed E-state index contributed by atoms with van der Waals surface area (Å²) < 4.78 is 1.60. The summed E-state index contributed by atoms with van der Waals surface area (Å²) in [6, 6.07) is 57.5. The molecule has 0 saturated carbocycles. The molecule has 292 valence electrons. The molecular formula is C57H60Zr. The Kier molecular flexibility index (Phi) is 13.7. The van der Waals surface area contributed by atoms with E-state index in [-0.39, 0.29) is 10.8 Å². The third-order valence-corrected chi connectivity index (χ3v) is 11.6. The minimum absolute atomic E-state index is 0.0384. The van der Waals surface area contributed by atoms with Crippen LogP contribution in [0.4, 0.5) is 0 Å². The molecule has 0 aliphatic heterocycles. The largest absolute Gasteiger partial charge is 0.214 e. The summed E-state index contributed by atoms with van der Waals surface area (Å²) in [6.07, 6.45) is 2.24. The van der Waals surface area contributed by atoms with Crippen molar-refractivity contribution < 1.29 is 24.2 Å². The maximum absolute atomic E-state index is 2.48. The second kappa shape index (κ2) is 18.5. The Morgan fingerprint density at radius 2 is 0.828 bits per heavy atom. The first-order valence-corrected chi connectivity index (χ1v) is 22.0. The van der Waals surface area contributed by atoms with Gasteiger partial charge in [-0.25, -0.2) is 12.1 Å². The van der Waals surface area contributed by atoms with E-state index in [1.807, 2.05) is 30.3 Å². The van der Waals surface area contributed by atoms with Crippen LogP contribution in [0.5, 0.6) is 0 Å². The Labute approximate surface area is 364 Å². The van der Waals surface area contributed by atoms with E-state index < -0.39 is 0 Å². The molecule has 1 heteroatoms. The molecule has 0 bridgehead atoms. The molecule has 0 aliphatic carbocycles. The maximum Gasteiger partial charge on any atom is -0.172 e. The van der Waals surface area contributed by atoms with E-state index in [1.54, 1.807) is 27.4 Å². The number of aryl methyl sites for hydroxylation is 4. The van der Waals surface area contributed by atoms with Gasteiger partial charge >= 0.3 is 112 Å². The van der Waals surface area contributed by atoms with E-state index in [0.717, 1.165) is 12.8 Å². The molecule has 0 heterocycles. The van der Waals surface area contributed by atoms with E-state index in [0.29, 0.717) is 0 Å². The molecule has 0 saturated heterocycles. The van der Waals surface area contributed by atoms with Gasteiger partial charge in [-0.15, -0.1) is 39.7 Å². The first-order valence-electron chi connectivity index (χ1n) is 20.8. The molecule has 8 aromatic carbocycles. The van der Waals surface area contributed by atoms with Crippen LogP contribution in [0.15, 0.2) is 158 Å². The monoisotopic (exact) mass is 834 g/mol. The molecular weight excluding hydrogens is 776 g/mol. The van der Waals surface area contributed by atoms with Crippen molar-refractivity contribution in [1.82, 2.24) is 0 Å². The van der Waals surface area contributed by atoms with E-state index in [4.69, 9.17) is 0 Å². The molecule has 0 amide bonds. The minimum Gasteiger partial charge on any atom is -0.214 e. The van der Waals surface area contributed by atoms with Crippen molar-refractivity contribution in [3.05, 3.63) is 202 Å². The van der Waals surface area contributed by atoms with Crippen LogP contribution in [-0.4, -0.2) is 3.21 Å².